The maximum absolute atomic E-state index is 14.2. The third-order valence-electron chi connectivity index (χ3n) is 8.93. The molecule has 1 aliphatic rings. The first-order valence-corrected chi connectivity index (χ1v) is 20.5. The molecule has 280 valence electrons. The van der Waals surface area contributed by atoms with Crippen LogP contribution in [0, 0.1) is 5.92 Å². The maximum atomic E-state index is 14.2. The van der Waals surface area contributed by atoms with Crippen molar-refractivity contribution in [2.75, 3.05) is 6.54 Å². The van der Waals surface area contributed by atoms with Crippen LogP contribution in [0.5, 0.6) is 5.75 Å². The van der Waals surface area contributed by atoms with Crippen LogP contribution in [0.25, 0.3) is 6.08 Å². The van der Waals surface area contributed by atoms with Crippen LogP contribution >= 0.6 is 0 Å². The van der Waals surface area contributed by atoms with Gasteiger partial charge in [-0.25, -0.2) is 10.2 Å². The zero-order chi connectivity index (χ0) is 38.1. The van der Waals surface area contributed by atoms with Gasteiger partial charge in [-0.3, -0.25) is 24.4 Å². The molecular weight excluding hydrogens is 667 g/mol. The third kappa shape index (κ3) is 12.5. The van der Waals surface area contributed by atoms with Crippen molar-refractivity contribution in [2.45, 2.75) is 123 Å². The molecule has 3 unspecified atom stereocenters. The van der Waals surface area contributed by atoms with E-state index < -0.39 is 55.9 Å². The number of pyridine rings is 1. The lowest BCUT2D eigenvalue weighted by Crippen LogP contribution is -2.62. The number of carbonyl (C=O) groups is 4. The molecule has 51 heavy (non-hydrogen) atoms. The molecule has 1 saturated heterocycles. The number of hydrazine groups is 1. The molecule has 3 amide bonds. The smallest absolute Gasteiger partial charge is 0.408 e. The van der Waals surface area contributed by atoms with Crippen molar-refractivity contribution < 1.29 is 33.1 Å². The van der Waals surface area contributed by atoms with Crippen molar-refractivity contribution in [3.05, 3.63) is 66.0 Å². The summed E-state index contributed by atoms with van der Waals surface area (Å²) in [5.74, 6) is -1.09. The number of rotatable bonds is 13. The average molecular weight is 724 g/mol. The zero-order valence-electron chi connectivity index (χ0n) is 31.9. The molecule has 1 aliphatic heterocycles. The number of hydrogen-bond donors (Lipinski definition) is 3. The SMILES string of the molecule is C=Cc1cc(COC(=O)C2CCCN(C(=O)C(Cc3cccc(O[Si](C)(C)C(C)(C)C)c3)NC(=O)C(NC(=O)OC(C)(C)C)C(C)C)N2)ccn1. The number of esters is 1. The molecule has 13 heteroatoms. The van der Waals surface area contributed by atoms with E-state index in [4.69, 9.17) is 13.9 Å². The minimum absolute atomic E-state index is 0.0209. The number of nitrogens with one attached hydrogen (secondary N) is 3. The minimum atomic E-state index is -2.15. The molecule has 0 aliphatic carbocycles. The van der Waals surface area contributed by atoms with Gasteiger partial charge in [0.2, 0.25) is 14.2 Å². The second kappa shape index (κ2) is 17.3. The van der Waals surface area contributed by atoms with Crippen molar-refractivity contribution in [2.24, 2.45) is 5.92 Å². The Morgan fingerprint density at radius 1 is 1.06 bits per heavy atom. The highest BCUT2D eigenvalue weighted by Crippen LogP contribution is 2.37. The first kappa shape index (κ1) is 41.2. The second-order valence-electron chi connectivity index (χ2n) is 15.9. The molecule has 0 radical (unpaired) electrons. The van der Waals surface area contributed by atoms with Gasteiger partial charge in [-0.1, -0.05) is 53.3 Å². The molecule has 0 saturated carbocycles. The molecule has 1 fully saturated rings. The molecule has 2 heterocycles. The number of alkyl carbamates (subject to hydrolysis) is 1. The topological polar surface area (TPSA) is 148 Å². The van der Waals surface area contributed by atoms with E-state index in [9.17, 15) is 19.2 Å². The third-order valence-corrected chi connectivity index (χ3v) is 13.3. The van der Waals surface area contributed by atoms with E-state index in [1.54, 1.807) is 59.0 Å². The van der Waals surface area contributed by atoms with Gasteiger partial charge in [0.25, 0.3) is 5.91 Å². The van der Waals surface area contributed by atoms with Crippen molar-refractivity contribution in [1.29, 1.82) is 0 Å². The number of benzene rings is 1. The summed E-state index contributed by atoms with van der Waals surface area (Å²) >= 11 is 0. The van der Waals surface area contributed by atoms with Gasteiger partial charge in [0.1, 0.15) is 36.1 Å². The van der Waals surface area contributed by atoms with Gasteiger partial charge in [0.15, 0.2) is 0 Å². The Kier molecular flexibility index (Phi) is 14.0. The van der Waals surface area contributed by atoms with Crippen molar-refractivity contribution >= 4 is 38.3 Å². The summed E-state index contributed by atoms with van der Waals surface area (Å²) in [6.07, 6.45) is 3.64. The van der Waals surface area contributed by atoms with Crippen LogP contribution in [-0.4, -0.2) is 72.5 Å². The summed E-state index contributed by atoms with van der Waals surface area (Å²) in [5.41, 5.74) is 4.48. The Balaban J connectivity index is 1.84. The van der Waals surface area contributed by atoms with Gasteiger partial charge >= 0.3 is 12.1 Å². The Morgan fingerprint density at radius 3 is 2.39 bits per heavy atom. The van der Waals surface area contributed by atoms with Crippen LogP contribution in [0.3, 0.4) is 0 Å². The normalized spacial score (nSPS) is 16.5. The quantitative estimate of drug-likeness (QED) is 0.169. The lowest BCUT2D eigenvalue weighted by Gasteiger charge is -2.36. The number of carbonyl (C=O) groups excluding carboxylic acids is 4. The summed E-state index contributed by atoms with van der Waals surface area (Å²) in [6, 6.07) is 8.29. The molecule has 0 spiro atoms. The number of amides is 3. The largest absolute Gasteiger partial charge is 0.543 e. The monoisotopic (exact) mass is 723 g/mol. The molecule has 3 atom stereocenters. The Labute approximate surface area is 304 Å². The number of hydrogen-bond acceptors (Lipinski definition) is 9. The summed E-state index contributed by atoms with van der Waals surface area (Å²) < 4.78 is 17.5. The van der Waals surface area contributed by atoms with E-state index >= 15 is 0 Å². The lowest BCUT2D eigenvalue weighted by atomic mass is 10.0. The standard InChI is InChI=1S/C38H57N5O7Si/c1-12-28-21-27(18-19-39-28)24-48-35(46)30-17-14-20-43(42-30)34(45)31(40-33(44)32(25(2)3)41-36(47)49-37(4,5)6)23-26-15-13-16-29(22-26)50-51(10,11)38(7,8)9/h12-13,15-16,18-19,21-22,25,30-32,42H,1,14,17,20,23-24H2,2-11H3,(H,40,44)(H,41,47). The number of nitrogens with zero attached hydrogens (tertiary/aromatic N) is 2. The predicted molar refractivity (Wildman–Crippen MR) is 200 cm³/mol. The first-order valence-electron chi connectivity index (χ1n) is 17.6. The van der Waals surface area contributed by atoms with E-state index in [1.165, 1.54) is 5.01 Å². The number of ether oxygens (including phenoxy) is 2. The minimum Gasteiger partial charge on any atom is -0.543 e. The van der Waals surface area contributed by atoms with E-state index in [-0.39, 0.29) is 24.0 Å². The van der Waals surface area contributed by atoms with Gasteiger partial charge in [0, 0.05) is 19.2 Å². The fraction of sp³-hybridized carbons (Fsp3) is 0.553. The van der Waals surface area contributed by atoms with Gasteiger partial charge < -0.3 is 24.5 Å². The van der Waals surface area contributed by atoms with Gasteiger partial charge in [-0.15, -0.1) is 0 Å². The van der Waals surface area contributed by atoms with Crippen LogP contribution < -0.4 is 20.5 Å². The highest BCUT2D eigenvalue weighted by molar-refractivity contribution is 6.74. The number of aromatic nitrogens is 1. The van der Waals surface area contributed by atoms with Gasteiger partial charge in [-0.2, -0.15) is 0 Å². The van der Waals surface area contributed by atoms with Crippen LogP contribution in [-0.2, 0) is 36.9 Å². The van der Waals surface area contributed by atoms with Crippen LogP contribution in [0.1, 0.15) is 85.1 Å². The fourth-order valence-corrected chi connectivity index (χ4v) is 6.13. The Hall–Kier alpha value is -4.23. The zero-order valence-corrected chi connectivity index (χ0v) is 32.9. The van der Waals surface area contributed by atoms with Crippen molar-refractivity contribution in [1.82, 2.24) is 26.1 Å². The highest BCUT2D eigenvalue weighted by atomic mass is 28.4. The Morgan fingerprint density at radius 2 is 1.76 bits per heavy atom. The molecule has 12 nitrogen and oxygen atoms in total. The van der Waals surface area contributed by atoms with E-state index in [0.717, 1.165) is 11.1 Å². The van der Waals surface area contributed by atoms with Crippen LogP contribution in [0.15, 0.2) is 49.2 Å². The first-order chi connectivity index (χ1) is 23.7. The van der Waals surface area contributed by atoms with Crippen LogP contribution in [0.2, 0.25) is 18.1 Å². The van der Waals surface area contributed by atoms with Crippen molar-refractivity contribution in [3.63, 3.8) is 0 Å². The van der Waals surface area contributed by atoms with E-state index in [0.29, 0.717) is 30.8 Å². The van der Waals surface area contributed by atoms with Crippen LogP contribution in [0.4, 0.5) is 4.79 Å². The lowest BCUT2D eigenvalue weighted by molar-refractivity contribution is -0.154. The molecule has 3 N–H and O–H groups in total. The molecule has 2 aromatic rings. The molecule has 3 rings (SSSR count). The fourth-order valence-electron chi connectivity index (χ4n) is 5.10. The summed E-state index contributed by atoms with van der Waals surface area (Å²) in [6.45, 7) is 23.7. The molecule has 1 aromatic carbocycles. The van der Waals surface area contributed by atoms with Gasteiger partial charge in [0.05, 0.1) is 5.69 Å². The average Bonchev–Trinajstić information content (AvgIpc) is 3.04. The predicted octanol–water partition coefficient (Wildman–Crippen LogP) is 5.92. The highest BCUT2D eigenvalue weighted by Gasteiger charge is 2.39. The maximum Gasteiger partial charge on any atom is 0.408 e. The van der Waals surface area contributed by atoms with E-state index in [2.05, 4.69) is 61.5 Å². The van der Waals surface area contributed by atoms with Gasteiger partial charge in [-0.05, 0) is 99.1 Å². The summed E-state index contributed by atoms with van der Waals surface area (Å²) in [7, 11) is -2.15. The van der Waals surface area contributed by atoms with E-state index in [1.807, 2.05) is 24.3 Å². The Bertz CT molecular complexity index is 1550. The molecule has 1 aromatic heterocycles. The molecule has 0 bridgehead atoms. The summed E-state index contributed by atoms with van der Waals surface area (Å²) in [5, 5.41) is 6.93. The summed E-state index contributed by atoms with van der Waals surface area (Å²) in [4.78, 5) is 58.0. The second-order valence-corrected chi connectivity index (χ2v) is 20.6. The molecular formula is C38H57N5O7Si. The van der Waals surface area contributed by atoms with Crippen molar-refractivity contribution in [3.8, 4) is 5.75 Å².